The molecule has 0 aliphatic carbocycles. The summed E-state index contributed by atoms with van der Waals surface area (Å²) in [5, 5.41) is 2.45. The van der Waals surface area contributed by atoms with Gasteiger partial charge < -0.3 is 5.32 Å². The number of hydrogen-bond donors (Lipinski definition) is 1. The lowest BCUT2D eigenvalue weighted by Crippen LogP contribution is -2.37. The molecule has 0 heterocycles. The summed E-state index contributed by atoms with van der Waals surface area (Å²) in [6.07, 6.45) is -4.49. The van der Waals surface area contributed by atoms with Gasteiger partial charge in [-0.2, -0.15) is 17.5 Å². The van der Waals surface area contributed by atoms with E-state index in [1.54, 1.807) is 48.5 Å². The molecule has 1 N–H and O–H groups in total. The number of carbonyl (C=O) groups excluding carboxylic acids is 1. The molecule has 3 rings (SSSR count). The Bertz CT molecular complexity index is 1120. The molecule has 5 nitrogen and oxygen atoms in total. The lowest BCUT2D eigenvalue weighted by Gasteiger charge is -2.22. The highest BCUT2D eigenvalue weighted by molar-refractivity contribution is 7.89. The Kier molecular flexibility index (Phi) is 6.77. The summed E-state index contributed by atoms with van der Waals surface area (Å²) in [7, 11) is -3.99. The number of hydrogen-bond acceptors (Lipinski definition) is 3. The Morgan fingerprint density at radius 2 is 1.39 bits per heavy atom. The number of anilines is 1. The third-order valence-corrected chi connectivity index (χ3v) is 6.20. The first-order valence-electron chi connectivity index (χ1n) is 9.22. The molecule has 1 amide bonds. The lowest BCUT2D eigenvalue weighted by molar-refractivity contribution is -0.137. The summed E-state index contributed by atoms with van der Waals surface area (Å²) >= 11 is 0. The maximum absolute atomic E-state index is 13.1. The van der Waals surface area contributed by atoms with Gasteiger partial charge >= 0.3 is 6.18 Å². The average Bonchev–Trinajstić information content (AvgIpc) is 2.74. The SMILES string of the molecule is O=C(CN(Cc1ccccc1)S(=O)(=O)c1ccccc1)Nc1ccc(C(F)(F)F)cc1. The van der Waals surface area contributed by atoms with Crippen LogP contribution >= 0.6 is 0 Å². The molecule has 0 saturated heterocycles. The molecule has 0 radical (unpaired) electrons. The predicted molar refractivity (Wildman–Crippen MR) is 111 cm³/mol. The van der Waals surface area contributed by atoms with Crippen LogP contribution in [0.5, 0.6) is 0 Å². The molecule has 0 fully saturated rings. The van der Waals surface area contributed by atoms with Crippen LogP contribution in [-0.2, 0) is 27.5 Å². The van der Waals surface area contributed by atoms with E-state index in [2.05, 4.69) is 5.32 Å². The second kappa shape index (κ2) is 9.32. The van der Waals surface area contributed by atoms with Crippen LogP contribution in [0.3, 0.4) is 0 Å². The highest BCUT2D eigenvalue weighted by Crippen LogP contribution is 2.29. The fourth-order valence-corrected chi connectivity index (χ4v) is 4.26. The summed E-state index contributed by atoms with van der Waals surface area (Å²) in [6.45, 7) is -0.550. The van der Waals surface area contributed by atoms with E-state index in [0.29, 0.717) is 5.56 Å². The van der Waals surface area contributed by atoms with Gasteiger partial charge in [-0.05, 0) is 42.0 Å². The lowest BCUT2D eigenvalue weighted by atomic mass is 10.2. The maximum Gasteiger partial charge on any atom is 0.416 e. The Morgan fingerprint density at radius 3 is 1.94 bits per heavy atom. The number of amides is 1. The highest BCUT2D eigenvalue weighted by Gasteiger charge is 2.30. The van der Waals surface area contributed by atoms with E-state index in [4.69, 9.17) is 0 Å². The van der Waals surface area contributed by atoms with Crippen molar-refractivity contribution in [2.24, 2.45) is 0 Å². The monoisotopic (exact) mass is 448 g/mol. The second-order valence-corrected chi connectivity index (χ2v) is 8.63. The molecule has 0 unspecified atom stereocenters. The number of alkyl halides is 3. The van der Waals surface area contributed by atoms with Crippen molar-refractivity contribution in [3.8, 4) is 0 Å². The van der Waals surface area contributed by atoms with Crippen molar-refractivity contribution in [3.63, 3.8) is 0 Å². The predicted octanol–water partition coefficient (Wildman–Crippen LogP) is 4.54. The Morgan fingerprint density at radius 1 is 0.839 bits per heavy atom. The highest BCUT2D eigenvalue weighted by atomic mass is 32.2. The van der Waals surface area contributed by atoms with Crippen molar-refractivity contribution >= 4 is 21.6 Å². The topological polar surface area (TPSA) is 66.5 Å². The van der Waals surface area contributed by atoms with Crippen LogP contribution in [0.25, 0.3) is 0 Å². The van der Waals surface area contributed by atoms with Crippen molar-refractivity contribution in [1.29, 1.82) is 0 Å². The van der Waals surface area contributed by atoms with Crippen molar-refractivity contribution in [2.45, 2.75) is 17.6 Å². The molecule has 9 heteroatoms. The van der Waals surface area contributed by atoms with Crippen molar-refractivity contribution in [2.75, 3.05) is 11.9 Å². The quantitative estimate of drug-likeness (QED) is 0.577. The molecule has 0 bridgehead atoms. The maximum atomic E-state index is 13.1. The first-order chi connectivity index (χ1) is 14.7. The number of nitrogens with one attached hydrogen (secondary N) is 1. The molecule has 3 aromatic rings. The first kappa shape index (κ1) is 22.5. The van der Waals surface area contributed by atoms with Gasteiger partial charge in [0.1, 0.15) is 0 Å². The molecule has 3 aromatic carbocycles. The van der Waals surface area contributed by atoms with Gasteiger partial charge in [-0.1, -0.05) is 48.5 Å². The third-order valence-electron chi connectivity index (χ3n) is 4.40. The third kappa shape index (κ3) is 5.93. The molecule has 31 heavy (non-hydrogen) atoms. The number of halogens is 3. The van der Waals surface area contributed by atoms with Gasteiger partial charge in [0.2, 0.25) is 15.9 Å². The zero-order valence-corrected chi connectivity index (χ0v) is 17.0. The largest absolute Gasteiger partial charge is 0.416 e. The van der Waals surface area contributed by atoms with Gasteiger partial charge in [0.05, 0.1) is 17.0 Å². The Labute approximate surface area is 178 Å². The van der Waals surface area contributed by atoms with E-state index in [9.17, 15) is 26.4 Å². The molecular weight excluding hydrogens is 429 g/mol. The van der Waals surface area contributed by atoms with E-state index < -0.39 is 34.2 Å². The van der Waals surface area contributed by atoms with Crippen LogP contribution in [0, 0.1) is 0 Å². The van der Waals surface area contributed by atoms with E-state index in [1.807, 2.05) is 0 Å². The molecule has 0 spiro atoms. The molecule has 0 aliphatic heterocycles. The minimum absolute atomic E-state index is 0.0354. The smallest absolute Gasteiger partial charge is 0.325 e. The van der Waals surface area contributed by atoms with Crippen LogP contribution < -0.4 is 5.32 Å². The number of benzene rings is 3. The van der Waals surface area contributed by atoms with Crippen LogP contribution in [0.1, 0.15) is 11.1 Å². The second-order valence-electron chi connectivity index (χ2n) is 6.70. The van der Waals surface area contributed by atoms with Crippen molar-refractivity contribution in [1.82, 2.24) is 4.31 Å². The van der Waals surface area contributed by atoms with Crippen LogP contribution in [0.15, 0.2) is 89.8 Å². The van der Waals surface area contributed by atoms with Gasteiger partial charge in [0, 0.05) is 12.2 Å². The van der Waals surface area contributed by atoms with Gasteiger partial charge in [-0.25, -0.2) is 8.42 Å². The summed E-state index contributed by atoms with van der Waals surface area (Å²) in [5.74, 6) is -0.671. The fourth-order valence-electron chi connectivity index (χ4n) is 2.86. The van der Waals surface area contributed by atoms with Crippen molar-refractivity contribution < 1.29 is 26.4 Å². The van der Waals surface area contributed by atoms with Crippen LogP contribution in [0.2, 0.25) is 0 Å². The molecule has 0 atom stereocenters. The van der Waals surface area contributed by atoms with E-state index in [0.717, 1.165) is 28.6 Å². The summed E-state index contributed by atoms with van der Waals surface area (Å²) < 4.78 is 65.3. The average molecular weight is 448 g/mol. The fraction of sp³-hybridized carbons (Fsp3) is 0.136. The molecular formula is C22H19F3N2O3S. The molecule has 0 aromatic heterocycles. The van der Waals surface area contributed by atoms with Gasteiger partial charge in [-0.15, -0.1) is 0 Å². The molecule has 0 saturated carbocycles. The minimum atomic E-state index is -4.49. The van der Waals surface area contributed by atoms with Gasteiger partial charge in [-0.3, -0.25) is 4.79 Å². The summed E-state index contributed by atoms with van der Waals surface area (Å²) in [5.41, 5.74) is -0.0260. The van der Waals surface area contributed by atoms with Crippen molar-refractivity contribution in [3.05, 3.63) is 96.1 Å². The Hall–Kier alpha value is -3.17. The van der Waals surface area contributed by atoms with Crippen LogP contribution in [0.4, 0.5) is 18.9 Å². The first-order valence-corrected chi connectivity index (χ1v) is 10.7. The standard InChI is InChI=1S/C22H19F3N2O3S/c23-22(24,25)18-11-13-19(14-12-18)26-21(28)16-27(15-17-7-3-1-4-8-17)31(29,30)20-9-5-2-6-10-20/h1-14H,15-16H2,(H,26,28). The van der Waals surface area contributed by atoms with Gasteiger partial charge in [0.15, 0.2) is 0 Å². The zero-order chi connectivity index (χ0) is 22.5. The number of rotatable bonds is 7. The summed E-state index contributed by atoms with van der Waals surface area (Å²) in [4.78, 5) is 12.6. The van der Waals surface area contributed by atoms with Crippen LogP contribution in [-0.4, -0.2) is 25.2 Å². The molecule has 162 valence electrons. The summed E-state index contributed by atoms with van der Waals surface area (Å²) in [6, 6.07) is 20.4. The van der Waals surface area contributed by atoms with Gasteiger partial charge in [0.25, 0.3) is 0 Å². The normalized spacial score (nSPS) is 12.0. The zero-order valence-electron chi connectivity index (χ0n) is 16.2. The van der Waals surface area contributed by atoms with E-state index in [-0.39, 0.29) is 17.1 Å². The Balaban J connectivity index is 1.80. The van der Waals surface area contributed by atoms with E-state index in [1.165, 1.54) is 12.1 Å². The minimum Gasteiger partial charge on any atom is -0.325 e. The van der Waals surface area contributed by atoms with E-state index >= 15 is 0 Å². The number of carbonyl (C=O) groups is 1. The number of nitrogens with zero attached hydrogens (tertiary/aromatic N) is 1. The molecule has 0 aliphatic rings. The number of sulfonamides is 1.